The van der Waals surface area contributed by atoms with E-state index in [1.807, 2.05) is 30.5 Å². The molecule has 7 N–H and O–H groups in total. The summed E-state index contributed by atoms with van der Waals surface area (Å²) in [5.41, 5.74) is 8.87. The number of carboxylic acid groups (broad SMARTS) is 2. The first kappa shape index (κ1) is 30.3. The largest absolute Gasteiger partial charge is 0.481 e. The van der Waals surface area contributed by atoms with Crippen molar-refractivity contribution < 1.29 is 34.2 Å². The third-order valence-corrected chi connectivity index (χ3v) is 7.45. The fourth-order valence-electron chi connectivity index (χ4n) is 5.27. The van der Waals surface area contributed by atoms with Crippen LogP contribution in [0.4, 0.5) is 0 Å². The lowest BCUT2D eigenvalue weighted by Gasteiger charge is -2.28. The Kier molecular flexibility index (Phi) is 9.92. The number of benzene rings is 2. The van der Waals surface area contributed by atoms with Crippen molar-refractivity contribution in [2.45, 2.75) is 62.7 Å². The molecule has 0 saturated carbocycles. The Hall–Kier alpha value is -4.71. The van der Waals surface area contributed by atoms with E-state index in [1.165, 1.54) is 4.90 Å². The van der Waals surface area contributed by atoms with Crippen molar-refractivity contribution in [3.8, 4) is 0 Å². The molecule has 4 rings (SSSR count). The molecule has 1 aromatic heterocycles. The number of nitrogens with one attached hydrogen (secondary N) is 3. The van der Waals surface area contributed by atoms with E-state index in [-0.39, 0.29) is 25.2 Å². The van der Waals surface area contributed by atoms with Crippen molar-refractivity contribution in [3.05, 3.63) is 71.9 Å². The van der Waals surface area contributed by atoms with Gasteiger partial charge in [0.2, 0.25) is 17.7 Å². The van der Waals surface area contributed by atoms with Crippen LogP contribution in [0, 0.1) is 0 Å². The van der Waals surface area contributed by atoms with E-state index >= 15 is 0 Å². The highest BCUT2D eigenvalue weighted by Crippen LogP contribution is 2.22. The lowest BCUT2D eigenvalue weighted by molar-refractivity contribution is -0.144. The molecule has 3 amide bonds. The highest BCUT2D eigenvalue weighted by atomic mass is 16.4. The van der Waals surface area contributed by atoms with Crippen LogP contribution in [-0.4, -0.2) is 80.5 Å². The molecule has 2 aromatic carbocycles. The maximum atomic E-state index is 13.5. The molecule has 1 fully saturated rings. The third-order valence-electron chi connectivity index (χ3n) is 7.45. The summed E-state index contributed by atoms with van der Waals surface area (Å²) >= 11 is 0. The van der Waals surface area contributed by atoms with Crippen molar-refractivity contribution >= 4 is 40.6 Å². The van der Waals surface area contributed by atoms with E-state index in [0.717, 1.165) is 22.0 Å². The normalized spacial score (nSPS) is 16.9. The average Bonchev–Trinajstić information content (AvgIpc) is 3.62. The Labute approximate surface area is 242 Å². The van der Waals surface area contributed by atoms with Crippen molar-refractivity contribution in [2.75, 3.05) is 6.54 Å². The van der Waals surface area contributed by atoms with E-state index in [4.69, 9.17) is 10.8 Å². The van der Waals surface area contributed by atoms with Gasteiger partial charge >= 0.3 is 11.9 Å². The van der Waals surface area contributed by atoms with Gasteiger partial charge in [0, 0.05) is 36.5 Å². The molecule has 2 heterocycles. The zero-order valence-corrected chi connectivity index (χ0v) is 23.0. The van der Waals surface area contributed by atoms with Gasteiger partial charge in [-0.05, 0) is 42.9 Å². The van der Waals surface area contributed by atoms with Gasteiger partial charge in [-0.2, -0.15) is 0 Å². The molecule has 4 atom stereocenters. The van der Waals surface area contributed by atoms with Crippen molar-refractivity contribution in [2.24, 2.45) is 5.73 Å². The highest BCUT2D eigenvalue weighted by Gasteiger charge is 2.38. The lowest BCUT2D eigenvalue weighted by Crippen LogP contribution is -2.57. The number of amides is 3. The van der Waals surface area contributed by atoms with Crippen LogP contribution in [0.25, 0.3) is 10.9 Å². The Morgan fingerprint density at radius 3 is 2.38 bits per heavy atom. The fraction of sp³-hybridized carbons (Fsp3) is 0.367. The van der Waals surface area contributed by atoms with Crippen LogP contribution in [-0.2, 0) is 36.8 Å². The smallest absolute Gasteiger partial charge is 0.326 e. The maximum absolute atomic E-state index is 13.5. The van der Waals surface area contributed by atoms with Crippen LogP contribution >= 0.6 is 0 Å². The molecule has 3 aromatic rings. The molecule has 0 bridgehead atoms. The van der Waals surface area contributed by atoms with Gasteiger partial charge in [0.15, 0.2) is 0 Å². The number of aromatic amines is 1. The first-order chi connectivity index (χ1) is 20.1. The number of H-pyrrole nitrogens is 1. The minimum atomic E-state index is -1.45. The predicted octanol–water partition coefficient (Wildman–Crippen LogP) is 1.19. The monoisotopic (exact) mass is 577 g/mol. The minimum Gasteiger partial charge on any atom is -0.481 e. The zero-order chi connectivity index (χ0) is 30.2. The topological polar surface area (TPSA) is 195 Å². The quantitative estimate of drug-likeness (QED) is 0.174. The van der Waals surface area contributed by atoms with E-state index in [0.29, 0.717) is 19.4 Å². The summed E-state index contributed by atoms with van der Waals surface area (Å²) in [6.07, 6.45) is 2.35. The number of likely N-dealkylation sites (tertiary alicyclic amines) is 1. The molecule has 222 valence electrons. The van der Waals surface area contributed by atoms with Crippen LogP contribution in [0.2, 0.25) is 0 Å². The summed E-state index contributed by atoms with van der Waals surface area (Å²) in [7, 11) is 0. The van der Waals surface area contributed by atoms with E-state index in [1.54, 1.807) is 30.3 Å². The third kappa shape index (κ3) is 7.52. The van der Waals surface area contributed by atoms with Gasteiger partial charge in [-0.1, -0.05) is 48.5 Å². The standard InChI is InChI=1S/C30H35N5O7/c31-21(16-19-17-32-22-10-5-4-9-20(19)22)29(40)35-14-6-11-25(35)28(39)34-24(15-18-7-2-1-3-8-18)27(38)33-23(30(41)42)12-13-26(36)37/h1-5,7-10,17,21,23-25,32H,6,11-16,31H2,(H,33,38)(H,34,39)(H,36,37)(H,41,42). The number of hydrogen-bond donors (Lipinski definition) is 6. The summed E-state index contributed by atoms with van der Waals surface area (Å²) in [6.45, 7) is 0.338. The van der Waals surface area contributed by atoms with Crippen molar-refractivity contribution in [3.63, 3.8) is 0 Å². The average molecular weight is 578 g/mol. The van der Waals surface area contributed by atoms with Gasteiger partial charge in [0.25, 0.3) is 0 Å². The number of aliphatic carboxylic acids is 2. The summed E-state index contributed by atoms with van der Waals surface area (Å²) in [5, 5.41) is 24.5. The molecule has 12 nitrogen and oxygen atoms in total. The first-order valence-electron chi connectivity index (χ1n) is 13.8. The van der Waals surface area contributed by atoms with Crippen LogP contribution in [0.1, 0.15) is 36.8 Å². The molecular weight excluding hydrogens is 542 g/mol. The lowest BCUT2D eigenvalue weighted by atomic mass is 10.0. The van der Waals surface area contributed by atoms with Crippen LogP contribution in [0.3, 0.4) is 0 Å². The number of nitrogens with two attached hydrogens (primary N) is 1. The number of carbonyl (C=O) groups excluding carboxylic acids is 3. The van der Waals surface area contributed by atoms with Crippen LogP contribution in [0.15, 0.2) is 60.8 Å². The highest BCUT2D eigenvalue weighted by molar-refractivity contribution is 5.95. The summed E-state index contributed by atoms with van der Waals surface area (Å²) in [4.78, 5) is 67.4. The van der Waals surface area contributed by atoms with E-state index < -0.39 is 54.3 Å². The van der Waals surface area contributed by atoms with Gasteiger partial charge in [0.1, 0.15) is 18.1 Å². The number of hydrogen-bond acceptors (Lipinski definition) is 6. The molecule has 42 heavy (non-hydrogen) atoms. The Morgan fingerprint density at radius 1 is 0.952 bits per heavy atom. The van der Waals surface area contributed by atoms with Crippen LogP contribution < -0.4 is 16.4 Å². The van der Waals surface area contributed by atoms with Crippen molar-refractivity contribution in [1.29, 1.82) is 0 Å². The molecular formula is C30H35N5O7. The fourth-order valence-corrected chi connectivity index (χ4v) is 5.27. The van der Waals surface area contributed by atoms with E-state index in [9.17, 15) is 29.1 Å². The molecule has 4 unspecified atom stereocenters. The number of para-hydroxylation sites is 1. The van der Waals surface area contributed by atoms with Gasteiger partial charge in [-0.3, -0.25) is 19.2 Å². The second-order valence-electron chi connectivity index (χ2n) is 10.4. The summed E-state index contributed by atoms with van der Waals surface area (Å²) in [6, 6.07) is 12.2. The van der Waals surface area contributed by atoms with E-state index in [2.05, 4.69) is 15.6 Å². The summed E-state index contributed by atoms with van der Waals surface area (Å²) < 4.78 is 0. The molecule has 1 saturated heterocycles. The number of carboxylic acids is 2. The zero-order valence-electron chi connectivity index (χ0n) is 23.0. The first-order valence-corrected chi connectivity index (χ1v) is 13.8. The SMILES string of the molecule is NC(Cc1c[nH]c2ccccc12)C(=O)N1CCCC1C(=O)NC(Cc1ccccc1)C(=O)NC(CCC(=O)O)C(=O)O. The molecule has 12 heteroatoms. The molecule has 0 radical (unpaired) electrons. The van der Waals surface area contributed by atoms with Gasteiger partial charge in [0.05, 0.1) is 6.04 Å². The predicted molar refractivity (Wildman–Crippen MR) is 153 cm³/mol. The number of aromatic nitrogens is 1. The van der Waals surface area contributed by atoms with Gasteiger partial charge in [-0.15, -0.1) is 0 Å². The number of carbonyl (C=O) groups is 5. The minimum absolute atomic E-state index is 0.0599. The molecule has 1 aliphatic heterocycles. The van der Waals surface area contributed by atoms with Gasteiger partial charge in [-0.25, -0.2) is 4.79 Å². The molecule has 1 aliphatic rings. The number of fused-ring (bicyclic) bond motifs is 1. The van der Waals surface area contributed by atoms with Crippen LogP contribution in [0.5, 0.6) is 0 Å². The Bertz CT molecular complexity index is 1440. The second-order valence-corrected chi connectivity index (χ2v) is 10.4. The van der Waals surface area contributed by atoms with Gasteiger partial charge < -0.3 is 36.5 Å². The molecule has 0 aliphatic carbocycles. The molecule has 0 spiro atoms. The number of nitrogens with zero attached hydrogens (tertiary/aromatic N) is 1. The van der Waals surface area contributed by atoms with Crippen molar-refractivity contribution in [1.82, 2.24) is 20.5 Å². The second kappa shape index (κ2) is 13.8. The maximum Gasteiger partial charge on any atom is 0.326 e. The number of rotatable bonds is 13. The Balaban J connectivity index is 1.46. The Morgan fingerprint density at radius 2 is 1.67 bits per heavy atom. The summed E-state index contributed by atoms with van der Waals surface area (Å²) in [5.74, 6) is -4.27.